The van der Waals surface area contributed by atoms with Crippen molar-refractivity contribution < 1.29 is 4.42 Å². The third kappa shape index (κ3) is 6.20. The van der Waals surface area contributed by atoms with Crippen molar-refractivity contribution in [3.8, 4) is 44.5 Å². The van der Waals surface area contributed by atoms with Crippen molar-refractivity contribution in [3.63, 3.8) is 0 Å². The van der Waals surface area contributed by atoms with Gasteiger partial charge in [0.1, 0.15) is 23.2 Å². The van der Waals surface area contributed by atoms with Crippen molar-refractivity contribution in [1.82, 2.24) is 5.32 Å². The summed E-state index contributed by atoms with van der Waals surface area (Å²) < 4.78 is 6.44. The summed E-state index contributed by atoms with van der Waals surface area (Å²) in [7, 11) is 0. The Kier molecular flexibility index (Phi) is 8.19. The lowest BCUT2D eigenvalue weighted by Gasteiger charge is -2.25. The van der Waals surface area contributed by atoms with Gasteiger partial charge in [0.05, 0.1) is 0 Å². The molecule has 1 unspecified atom stereocenters. The van der Waals surface area contributed by atoms with Crippen LogP contribution in [-0.2, 0) is 0 Å². The number of nitrogens with zero attached hydrogens (tertiary/aromatic N) is 2. The second kappa shape index (κ2) is 13.9. The van der Waals surface area contributed by atoms with E-state index in [9.17, 15) is 0 Å². The Hall–Kier alpha value is -7.30. The zero-order valence-corrected chi connectivity index (χ0v) is 29.9. The van der Waals surface area contributed by atoms with Gasteiger partial charge in [-0.25, -0.2) is 9.98 Å². The maximum atomic E-state index is 6.44. The summed E-state index contributed by atoms with van der Waals surface area (Å²) in [5, 5.41) is 5.71. The van der Waals surface area contributed by atoms with Crippen LogP contribution in [0.3, 0.4) is 0 Å². The third-order valence-corrected chi connectivity index (χ3v) is 10.4. The summed E-state index contributed by atoms with van der Waals surface area (Å²) in [6, 6.07) is 69.9. The number of amidine groups is 2. The van der Waals surface area contributed by atoms with E-state index in [1.54, 1.807) is 0 Å². The molecule has 55 heavy (non-hydrogen) atoms. The average Bonchev–Trinajstić information content (AvgIpc) is 3.66. The quantitative estimate of drug-likeness (QED) is 0.179. The molecular weight excluding hydrogens is 671 g/mol. The predicted octanol–water partition coefficient (Wildman–Crippen LogP) is 12.7. The van der Waals surface area contributed by atoms with Crippen LogP contribution < -0.4 is 5.32 Å². The molecule has 0 fully saturated rings. The number of benzene rings is 8. The van der Waals surface area contributed by atoms with Crippen molar-refractivity contribution in [2.75, 3.05) is 0 Å². The summed E-state index contributed by atoms with van der Waals surface area (Å²) in [5.74, 6) is 1.42. The van der Waals surface area contributed by atoms with Gasteiger partial charge in [-0.1, -0.05) is 182 Å². The monoisotopic (exact) mass is 705 g/mol. The molecule has 8 aromatic carbocycles. The molecule has 260 valence electrons. The number of hydrogen-bond donors (Lipinski definition) is 1. The molecule has 2 heterocycles. The van der Waals surface area contributed by atoms with Gasteiger partial charge in [0.2, 0.25) is 0 Å². The topological polar surface area (TPSA) is 49.9 Å². The zero-order valence-electron chi connectivity index (χ0n) is 29.9. The van der Waals surface area contributed by atoms with E-state index in [4.69, 9.17) is 14.4 Å². The number of hydrogen-bond acceptors (Lipinski definition) is 4. The Labute approximate surface area is 319 Å². The van der Waals surface area contributed by atoms with Crippen molar-refractivity contribution in [2.45, 2.75) is 6.17 Å². The predicted molar refractivity (Wildman–Crippen MR) is 227 cm³/mol. The zero-order chi connectivity index (χ0) is 36.6. The molecule has 0 saturated heterocycles. The Morgan fingerprint density at radius 1 is 0.400 bits per heavy atom. The summed E-state index contributed by atoms with van der Waals surface area (Å²) in [6.07, 6.45) is -0.376. The lowest BCUT2D eigenvalue weighted by molar-refractivity contribution is 0.668. The molecule has 0 spiro atoms. The molecule has 1 N–H and O–H groups in total. The second-order valence-corrected chi connectivity index (χ2v) is 13.8. The highest BCUT2D eigenvalue weighted by Gasteiger charge is 2.26. The first-order valence-electron chi connectivity index (χ1n) is 18.6. The Bertz CT molecular complexity index is 2840. The minimum atomic E-state index is -0.376. The fraction of sp³-hybridized carbons (Fsp3) is 0.0196. The maximum Gasteiger partial charge on any atom is 0.160 e. The van der Waals surface area contributed by atoms with Gasteiger partial charge in [0, 0.05) is 21.9 Å². The van der Waals surface area contributed by atoms with Gasteiger partial charge in [-0.3, -0.25) is 0 Å². The molecule has 0 aliphatic carbocycles. The number of aliphatic imine (C=N–C) groups is 2. The van der Waals surface area contributed by atoms with Gasteiger partial charge >= 0.3 is 0 Å². The fourth-order valence-corrected chi connectivity index (χ4v) is 7.58. The molecule has 4 heteroatoms. The highest BCUT2D eigenvalue weighted by molar-refractivity contribution is 6.24. The van der Waals surface area contributed by atoms with Gasteiger partial charge in [-0.05, 0) is 68.3 Å². The van der Waals surface area contributed by atoms with E-state index in [0.717, 1.165) is 61.2 Å². The SMILES string of the molecule is c1ccc(C2=NC(c3c(-c4ccc(-c5ccccc5)cc4)ccc4oc5ccccc5c34)=NC(c3ccc(-c4ccc(-c5ccccc5)cc4)cc3)N2)cc1. The fourth-order valence-electron chi connectivity index (χ4n) is 7.58. The first-order chi connectivity index (χ1) is 27.2. The summed E-state index contributed by atoms with van der Waals surface area (Å²) >= 11 is 0. The van der Waals surface area contributed by atoms with Crippen molar-refractivity contribution >= 4 is 33.6 Å². The van der Waals surface area contributed by atoms with Crippen LogP contribution in [0.15, 0.2) is 215 Å². The molecule has 0 radical (unpaired) electrons. The Balaban J connectivity index is 1.09. The van der Waals surface area contributed by atoms with Crippen LogP contribution in [0.2, 0.25) is 0 Å². The van der Waals surface area contributed by atoms with E-state index in [1.165, 1.54) is 27.8 Å². The molecule has 4 nitrogen and oxygen atoms in total. The molecule has 1 aliphatic heterocycles. The van der Waals surface area contributed by atoms with Gasteiger partial charge in [0.25, 0.3) is 0 Å². The van der Waals surface area contributed by atoms with Crippen LogP contribution in [-0.4, -0.2) is 11.7 Å². The highest BCUT2D eigenvalue weighted by Crippen LogP contribution is 2.39. The number of para-hydroxylation sites is 1. The summed E-state index contributed by atoms with van der Waals surface area (Å²) in [6.45, 7) is 0. The van der Waals surface area contributed by atoms with Crippen LogP contribution in [0.5, 0.6) is 0 Å². The minimum absolute atomic E-state index is 0.376. The van der Waals surface area contributed by atoms with Gasteiger partial charge in [-0.15, -0.1) is 0 Å². The third-order valence-electron chi connectivity index (χ3n) is 10.4. The molecule has 1 atom stereocenters. The first kappa shape index (κ1) is 32.4. The molecule has 1 aliphatic rings. The first-order valence-corrected chi connectivity index (χ1v) is 18.6. The standard InChI is InChI=1S/C51H35N3O/c1-4-12-34(13-5-1)36-20-22-38(23-21-36)39-26-30-42(31-27-39)50-52-49(41-16-8-3-9-17-41)53-51(54-50)48-43(32-33-46-47(48)44-18-10-11-19-45(44)55-46)40-28-24-37(25-29-40)35-14-6-2-7-15-35/h1-33,50H,(H,52,53,54). The lowest BCUT2D eigenvalue weighted by Crippen LogP contribution is -2.33. The van der Waals surface area contributed by atoms with E-state index < -0.39 is 0 Å². The van der Waals surface area contributed by atoms with Gasteiger partial charge in [0.15, 0.2) is 5.84 Å². The highest BCUT2D eigenvalue weighted by atomic mass is 16.3. The summed E-state index contributed by atoms with van der Waals surface area (Å²) in [5.41, 5.74) is 13.8. The smallest absolute Gasteiger partial charge is 0.160 e. The van der Waals surface area contributed by atoms with Crippen LogP contribution in [0, 0.1) is 0 Å². The molecule has 0 saturated carbocycles. The minimum Gasteiger partial charge on any atom is -0.456 e. The number of nitrogens with one attached hydrogen (secondary N) is 1. The average molecular weight is 706 g/mol. The molecular formula is C51H35N3O. The van der Waals surface area contributed by atoms with Crippen molar-refractivity contribution in [2.24, 2.45) is 9.98 Å². The van der Waals surface area contributed by atoms with Crippen molar-refractivity contribution in [1.29, 1.82) is 0 Å². The number of fused-ring (bicyclic) bond motifs is 3. The molecule has 9 aromatic rings. The number of rotatable bonds is 7. The molecule has 0 bridgehead atoms. The van der Waals surface area contributed by atoms with Crippen LogP contribution >= 0.6 is 0 Å². The summed E-state index contributed by atoms with van der Waals surface area (Å²) in [4.78, 5) is 10.7. The van der Waals surface area contributed by atoms with E-state index >= 15 is 0 Å². The second-order valence-electron chi connectivity index (χ2n) is 13.8. The van der Waals surface area contributed by atoms with Gasteiger partial charge < -0.3 is 9.73 Å². The normalized spacial score (nSPS) is 14.0. The largest absolute Gasteiger partial charge is 0.456 e. The van der Waals surface area contributed by atoms with Crippen molar-refractivity contribution in [3.05, 3.63) is 217 Å². The van der Waals surface area contributed by atoms with E-state index in [2.05, 4.69) is 163 Å². The maximum absolute atomic E-state index is 6.44. The number of furan rings is 1. The Morgan fingerprint density at radius 3 is 1.45 bits per heavy atom. The van der Waals surface area contributed by atoms with Gasteiger partial charge in [-0.2, -0.15) is 0 Å². The van der Waals surface area contributed by atoms with Crippen LogP contribution in [0.25, 0.3) is 66.4 Å². The Morgan fingerprint density at radius 2 is 0.873 bits per heavy atom. The van der Waals surface area contributed by atoms with E-state index in [1.807, 2.05) is 42.5 Å². The van der Waals surface area contributed by atoms with Crippen LogP contribution in [0.4, 0.5) is 0 Å². The molecule has 10 rings (SSSR count). The van der Waals surface area contributed by atoms with E-state index in [-0.39, 0.29) is 6.17 Å². The lowest BCUT2D eigenvalue weighted by atomic mass is 9.93. The molecule has 0 amide bonds. The molecule has 1 aromatic heterocycles. The van der Waals surface area contributed by atoms with E-state index in [0.29, 0.717) is 5.84 Å². The van der Waals surface area contributed by atoms with Crippen LogP contribution in [0.1, 0.15) is 22.9 Å².